The van der Waals surface area contributed by atoms with Crippen molar-refractivity contribution in [3.8, 4) is 23.0 Å². The van der Waals surface area contributed by atoms with Crippen LogP contribution in [0, 0.1) is 23.3 Å². The second-order valence-corrected chi connectivity index (χ2v) is 27.0. The van der Waals surface area contributed by atoms with Crippen LogP contribution in [0.2, 0.25) is 0 Å². The fourth-order valence-corrected chi connectivity index (χ4v) is 11.1. The maximum absolute atomic E-state index is 14.9. The molecular formula is C72H108F4N10O23S2. The molecule has 0 radical (unpaired) electrons. The molecule has 0 aliphatic heterocycles. The quantitative estimate of drug-likeness (QED) is 0.0109. The molecule has 0 unspecified atom stereocenters. The van der Waals surface area contributed by atoms with Gasteiger partial charge in [0.05, 0.1) is 195 Å². The first-order valence-corrected chi connectivity index (χ1v) is 38.8. The Hall–Kier alpha value is -7.30. The van der Waals surface area contributed by atoms with Gasteiger partial charge in [-0.05, 0) is 129 Å². The summed E-state index contributed by atoms with van der Waals surface area (Å²) in [6.07, 6.45) is 3.95. The number of halogens is 4. The Labute approximate surface area is 646 Å². The Balaban J connectivity index is 1.06. The number of hydrogen-bond acceptors (Lipinski definition) is 25. The number of aliphatic imine (C=N–C) groups is 2. The van der Waals surface area contributed by atoms with Crippen LogP contribution in [-0.2, 0) is 101 Å². The summed E-state index contributed by atoms with van der Waals surface area (Å²) in [6, 6.07) is 13.5. The van der Waals surface area contributed by atoms with Crippen molar-refractivity contribution in [3.63, 3.8) is 0 Å². The molecule has 111 heavy (non-hydrogen) atoms. The summed E-state index contributed by atoms with van der Waals surface area (Å²) < 4.78 is 211. The Morgan fingerprint density at radius 1 is 0.378 bits per heavy atom. The smallest absolute Gasteiger partial charge is 0.275 e. The van der Waals surface area contributed by atoms with Gasteiger partial charge in [-0.1, -0.05) is 0 Å². The normalized spacial score (nSPS) is 12.1. The lowest BCUT2D eigenvalue weighted by Gasteiger charge is -2.22. The number of nitrogens with zero attached hydrogens (tertiary/aromatic N) is 3. The molecule has 4 aromatic rings. The van der Waals surface area contributed by atoms with E-state index in [1.165, 1.54) is 74.5 Å². The monoisotopic (exact) mass is 1620 g/mol. The fraction of sp³-hybridized carbons (Fsp3) is 0.556. The van der Waals surface area contributed by atoms with E-state index in [0.29, 0.717) is 172 Å². The molecular weight excluding hydrogens is 1510 g/mol. The summed E-state index contributed by atoms with van der Waals surface area (Å²) in [5.41, 5.74) is 26.3. The van der Waals surface area contributed by atoms with Gasteiger partial charge in [0.2, 0.25) is 20.0 Å². The number of carbonyl (C=O) groups excluding carboxylic acids is 2. The third-order valence-electron chi connectivity index (χ3n) is 14.6. The third-order valence-corrected chi connectivity index (χ3v) is 17.5. The predicted molar refractivity (Wildman–Crippen MR) is 402 cm³/mol. The number of hydrogen-bond donors (Lipinski definition) is 7. The molecule has 0 saturated heterocycles. The van der Waals surface area contributed by atoms with Crippen LogP contribution in [0.4, 0.5) is 17.6 Å². The van der Waals surface area contributed by atoms with Crippen LogP contribution in [0.3, 0.4) is 0 Å². The average Bonchev–Trinajstić information content (AvgIpc) is 0.816. The Kier molecular flexibility index (Phi) is 50.7. The van der Waals surface area contributed by atoms with E-state index >= 15 is 0 Å². The van der Waals surface area contributed by atoms with Gasteiger partial charge in [0.1, 0.15) is 11.5 Å². The number of sulfonamides is 2. The zero-order valence-electron chi connectivity index (χ0n) is 62.9. The zero-order chi connectivity index (χ0) is 80.6. The van der Waals surface area contributed by atoms with Crippen molar-refractivity contribution in [3.05, 3.63) is 118 Å². The third kappa shape index (κ3) is 44.7. The van der Waals surface area contributed by atoms with Crippen molar-refractivity contribution in [2.75, 3.05) is 237 Å². The second kappa shape index (κ2) is 58.5. The number of benzene rings is 4. The van der Waals surface area contributed by atoms with Crippen molar-refractivity contribution in [2.45, 2.75) is 36.5 Å². The maximum Gasteiger partial charge on any atom is 0.275 e. The van der Waals surface area contributed by atoms with Gasteiger partial charge < -0.3 is 109 Å². The van der Waals surface area contributed by atoms with E-state index in [-0.39, 0.29) is 110 Å². The van der Waals surface area contributed by atoms with E-state index in [0.717, 1.165) is 37.1 Å². The predicted octanol–water partition coefficient (Wildman–Crippen LogP) is 3.78. The second-order valence-electron chi connectivity index (χ2n) is 23.4. The molecule has 0 bridgehead atoms. The number of rotatable bonds is 67. The van der Waals surface area contributed by atoms with Crippen molar-refractivity contribution < 1.29 is 125 Å². The molecule has 33 nitrogen and oxygen atoms in total. The lowest BCUT2D eigenvalue weighted by Crippen LogP contribution is -2.33. The van der Waals surface area contributed by atoms with E-state index in [4.69, 9.17) is 109 Å². The number of amides is 2. The van der Waals surface area contributed by atoms with Crippen molar-refractivity contribution >= 4 is 55.9 Å². The minimum absolute atomic E-state index is 0.00486. The molecule has 624 valence electrons. The van der Waals surface area contributed by atoms with Crippen molar-refractivity contribution in [1.29, 1.82) is 0 Å². The van der Waals surface area contributed by atoms with E-state index in [1.807, 2.05) is 0 Å². The summed E-state index contributed by atoms with van der Waals surface area (Å²) in [7, 11) is -7.98. The topological polar surface area (TPSA) is 441 Å². The minimum atomic E-state index is -3.99. The van der Waals surface area contributed by atoms with Crippen LogP contribution in [0.25, 0.3) is 12.2 Å². The average molecular weight is 1620 g/mol. The zero-order valence-corrected chi connectivity index (χ0v) is 64.5. The molecule has 0 aliphatic carbocycles. The molecule has 0 fully saturated rings. The van der Waals surface area contributed by atoms with Gasteiger partial charge in [-0.15, -0.1) is 0 Å². The first-order valence-electron chi connectivity index (χ1n) is 35.8. The largest absolute Gasteiger partial charge is 0.451 e. The lowest BCUT2D eigenvalue weighted by atomic mass is 10.1. The summed E-state index contributed by atoms with van der Waals surface area (Å²) >= 11 is 0. The molecule has 12 N–H and O–H groups in total. The molecule has 0 aliphatic rings. The number of ether oxygens (including phenoxy) is 17. The number of carbonyl (C=O) groups is 2. The van der Waals surface area contributed by atoms with Crippen LogP contribution in [0.15, 0.2) is 104 Å². The van der Waals surface area contributed by atoms with Crippen molar-refractivity contribution in [1.82, 2.24) is 14.3 Å². The molecule has 0 aromatic heterocycles. The standard InChI is InChI=1S/C72H108F4N10O23S2/c1-55(69(87)84-71(78)79)49-57-51-63(73)67(64(74)52-57)108-59-5-9-61(10-6-59)110(89,90)82-14-21-95-27-33-101-35-29-97-23-17-86(16-4-20-94-26-32-100-38-40-104-42-44-106-46-48-107-47-45-105-43-41-103-39-37-99-31-25-93-19-3-13-77)18-24-98-30-36-102-34-28-96-22-15-83-111(91,92)62-11-7-60(8-12-62)109-68-65(75)53-58(54-66(68)76)50-56(2)70(88)85-72(80)81/h5-12,49-54,82-83H,3-4,13-48,77H2,1-2H3,(H4,78,79,84,87)(H4,80,81,85,88)/b55-49+,56-50+. The first kappa shape index (κ1) is 96.1. The SMILES string of the molecule is C/C(=C\c1cc(F)c(Oc2ccc(S(=O)(=O)NCCOCCOCCOCCN(CCCOCCOCCOCCOCCOCCOCCOCCOCCOCCCN)CCOCCOCCOCCNS(=O)(=O)c3ccc(Oc4c(F)cc(/C=C(\C)C(=O)N=C(N)N)cc4F)cc3)cc2)c(F)c1)C(=O)N=C(N)N. The van der Waals surface area contributed by atoms with E-state index in [1.54, 1.807) is 0 Å². The fourth-order valence-electron chi connectivity index (χ4n) is 9.07. The van der Waals surface area contributed by atoms with Crippen LogP contribution < -0.4 is 47.6 Å². The van der Waals surface area contributed by atoms with Gasteiger partial charge in [-0.25, -0.2) is 43.8 Å². The number of nitrogens with one attached hydrogen (secondary N) is 2. The highest BCUT2D eigenvalue weighted by Gasteiger charge is 2.20. The molecule has 4 aromatic carbocycles. The Bertz CT molecular complexity index is 3380. The molecule has 0 atom stereocenters. The number of guanidine groups is 2. The van der Waals surface area contributed by atoms with Gasteiger partial charge in [0.25, 0.3) is 11.8 Å². The first-order chi connectivity index (χ1) is 53.6. The van der Waals surface area contributed by atoms with Crippen LogP contribution >= 0.6 is 0 Å². The lowest BCUT2D eigenvalue weighted by molar-refractivity contribution is -0.115. The van der Waals surface area contributed by atoms with Crippen LogP contribution in [0.1, 0.15) is 37.8 Å². The summed E-state index contributed by atoms with van der Waals surface area (Å²) in [6.45, 7) is 16.3. The summed E-state index contributed by atoms with van der Waals surface area (Å²) in [5, 5.41) is 0. The van der Waals surface area contributed by atoms with Gasteiger partial charge >= 0.3 is 0 Å². The van der Waals surface area contributed by atoms with Gasteiger partial charge in [0, 0.05) is 57.1 Å². The summed E-state index contributed by atoms with van der Waals surface area (Å²) in [5.74, 6) is -8.42. The highest BCUT2D eigenvalue weighted by Crippen LogP contribution is 2.32. The molecule has 0 spiro atoms. The van der Waals surface area contributed by atoms with Crippen molar-refractivity contribution in [2.24, 2.45) is 38.7 Å². The van der Waals surface area contributed by atoms with Gasteiger partial charge in [0.15, 0.2) is 46.7 Å². The maximum atomic E-state index is 14.9. The minimum Gasteiger partial charge on any atom is -0.451 e. The highest BCUT2D eigenvalue weighted by atomic mass is 32.2. The molecule has 0 heterocycles. The van der Waals surface area contributed by atoms with Crippen LogP contribution in [0.5, 0.6) is 23.0 Å². The highest BCUT2D eigenvalue weighted by molar-refractivity contribution is 7.89. The summed E-state index contributed by atoms with van der Waals surface area (Å²) in [4.78, 5) is 32.7. The van der Waals surface area contributed by atoms with Gasteiger partial charge in [-0.2, -0.15) is 9.98 Å². The number of nitrogens with two attached hydrogens (primary N) is 5. The van der Waals surface area contributed by atoms with E-state index in [9.17, 15) is 44.0 Å². The molecule has 4 rings (SSSR count). The Morgan fingerprint density at radius 2 is 0.631 bits per heavy atom. The molecule has 0 saturated carbocycles. The molecule has 39 heteroatoms. The molecule has 2 amide bonds. The van der Waals surface area contributed by atoms with E-state index in [2.05, 4.69) is 24.3 Å². The van der Waals surface area contributed by atoms with Crippen LogP contribution in [-0.4, -0.2) is 283 Å². The van der Waals surface area contributed by atoms with Gasteiger partial charge in [-0.3, -0.25) is 14.5 Å². The van der Waals surface area contributed by atoms with E-state index < -0.39 is 78.5 Å². The Morgan fingerprint density at radius 3 is 0.901 bits per heavy atom.